The molecule has 0 saturated heterocycles. The first kappa shape index (κ1) is 19.4. The summed E-state index contributed by atoms with van der Waals surface area (Å²) in [6, 6.07) is 26.5. The Kier molecular flexibility index (Phi) is 5.85. The fourth-order valence-corrected chi connectivity index (χ4v) is 3.02. The first-order valence-corrected chi connectivity index (χ1v) is 9.66. The topological polar surface area (TPSA) is 77.2 Å². The molecule has 6 nitrogen and oxygen atoms in total. The molecular weight excluding hydrogens is 378 g/mol. The van der Waals surface area contributed by atoms with E-state index in [1.807, 2.05) is 79.7 Å². The molecule has 0 saturated carbocycles. The molecule has 0 fully saturated rings. The van der Waals surface area contributed by atoms with E-state index in [-0.39, 0.29) is 18.6 Å². The smallest absolute Gasteiger partial charge is 0.258 e. The Morgan fingerprint density at radius 1 is 0.967 bits per heavy atom. The van der Waals surface area contributed by atoms with E-state index in [0.717, 1.165) is 16.7 Å². The van der Waals surface area contributed by atoms with Crippen LogP contribution in [0.15, 0.2) is 89.5 Å². The standard InChI is InChI=1S/C24H21N3O3/c1-17(18-9-4-2-5-10-18)25-22(28)16-29-21-14-8-13-20(15-21)24-26-23(27-30-24)19-11-6-3-7-12-19/h2-15,17H,16H2,1H3,(H,25,28). The molecular formula is C24H21N3O3. The number of rotatable bonds is 7. The van der Waals surface area contributed by atoms with Gasteiger partial charge in [0.05, 0.1) is 6.04 Å². The number of amides is 1. The summed E-state index contributed by atoms with van der Waals surface area (Å²) in [4.78, 5) is 16.7. The lowest BCUT2D eigenvalue weighted by atomic mass is 10.1. The SMILES string of the molecule is CC(NC(=O)COc1cccc(-c2nc(-c3ccccc3)no2)c1)c1ccccc1. The molecule has 1 N–H and O–H groups in total. The zero-order valence-electron chi connectivity index (χ0n) is 16.5. The number of carbonyl (C=O) groups is 1. The van der Waals surface area contributed by atoms with Crippen LogP contribution in [0.5, 0.6) is 5.75 Å². The Hall–Kier alpha value is -3.93. The van der Waals surface area contributed by atoms with E-state index in [2.05, 4.69) is 15.5 Å². The van der Waals surface area contributed by atoms with Crippen molar-refractivity contribution in [1.82, 2.24) is 15.5 Å². The van der Waals surface area contributed by atoms with Gasteiger partial charge in [0.1, 0.15) is 5.75 Å². The molecule has 0 radical (unpaired) electrons. The number of benzene rings is 3. The zero-order chi connectivity index (χ0) is 20.8. The van der Waals surface area contributed by atoms with Gasteiger partial charge in [-0.05, 0) is 30.7 Å². The molecule has 4 rings (SSSR count). The Morgan fingerprint density at radius 2 is 1.67 bits per heavy atom. The van der Waals surface area contributed by atoms with Crippen LogP contribution in [0.1, 0.15) is 18.5 Å². The van der Waals surface area contributed by atoms with Crippen LogP contribution in [0.4, 0.5) is 0 Å². The number of ether oxygens (including phenoxy) is 1. The second-order valence-electron chi connectivity index (χ2n) is 6.81. The largest absolute Gasteiger partial charge is 0.484 e. The highest BCUT2D eigenvalue weighted by molar-refractivity contribution is 5.78. The second kappa shape index (κ2) is 9.05. The minimum absolute atomic E-state index is 0.0836. The minimum Gasteiger partial charge on any atom is -0.484 e. The van der Waals surface area contributed by atoms with Gasteiger partial charge >= 0.3 is 0 Å². The molecule has 0 aliphatic heterocycles. The third-order valence-electron chi connectivity index (χ3n) is 4.59. The third-order valence-corrected chi connectivity index (χ3v) is 4.59. The third kappa shape index (κ3) is 4.72. The van der Waals surface area contributed by atoms with Crippen LogP contribution in [0.2, 0.25) is 0 Å². The van der Waals surface area contributed by atoms with Crippen molar-refractivity contribution in [3.05, 3.63) is 90.5 Å². The van der Waals surface area contributed by atoms with Gasteiger partial charge in [-0.15, -0.1) is 0 Å². The molecule has 150 valence electrons. The molecule has 0 bridgehead atoms. The summed E-state index contributed by atoms with van der Waals surface area (Å²) in [6.45, 7) is 1.85. The molecule has 4 aromatic rings. The summed E-state index contributed by atoms with van der Waals surface area (Å²) in [7, 11) is 0. The van der Waals surface area contributed by atoms with Gasteiger partial charge in [-0.2, -0.15) is 4.98 Å². The predicted molar refractivity (Wildman–Crippen MR) is 114 cm³/mol. The van der Waals surface area contributed by atoms with E-state index >= 15 is 0 Å². The van der Waals surface area contributed by atoms with Crippen LogP contribution in [0.25, 0.3) is 22.8 Å². The van der Waals surface area contributed by atoms with Crippen LogP contribution in [0.3, 0.4) is 0 Å². The summed E-state index contributed by atoms with van der Waals surface area (Å²) in [5, 5.41) is 6.97. The molecule has 1 aromatic heterocycles. The monoisotopic (exact) mass is 399 g/mol. The highest BCUT2D eigenvalue weighted by Gasteiger charge is 2.13. The fourth-order valence-electron chi connectivity index (χ4n) is 3.02. The van der Waals surface area contributed by atoms with Crippen molar-refractivity contribution in [1.29, 1.82) is 0 Å². The van der Waals surface area contributed by atoms with E-state index in [1.165, 1.54) is 0 Å². The minimum atomic E-state index is -0.194. The number of aromatic nitrogens is 2. The van der Waals surface area contributed by atoms with Gasteiger partial charge in [0, 0.05) is 11.1 Å². The summed E-state index contributed by atoms with van der Waals surface area (Å²) < 4.78 is 11.0. The van der Waals surface area contributed by atoms with Gasteiger partial charge in [0.25, 0.3) is 11.8 Å². The Morgan fingerprint density at radius 3 is 2.43 bits per heavy atom. The van der Waals surface area contributed by atoms with Crippen molar-refractivity contribution in [3.63, 3.8) is 0 Å². The van der Waals surface area contributed by atoms with Crippen LogP contribution < -0.4 is 10.1 Å². The van der Waals surface area contributed by atoms with Gasteiger partial charge in [-0.3, -0.25) is 4.79 Å². The molecule has 0 spiro atoms. The second-order valence-corrected chi connectivity index (χ2v) is 6.81. The van der Waals surface area contributed by atoms with Gasteiger partial charge < -0.3 is 14.6 Å². The van der Waals surface area contributed by atoms with E-state index < -0.39 is 0 Å². The first-order valence-electron chi connectivity index (χ1n) is 9.66. The zero-order valence-corrected chi connectivity index (χ0v) is 16.5. The molecule has 1 unspecified atom stereocenters. The molecule has 30 heavy (non-hydrogen) atoms. The number of nitrogens with zero attached hydrogens (tertiary/aromatic N) is 2. The van der Waals surface area contributed by atoms with Crippen LogP contribution in [0, 0.1) is 0 Å². The lowest BCUT2D eigenvalue weighted by Gasteiger charge is -2.14. The van der Waals surface area contributed by atoms with E-state index in [9.17, 15) is 4.79 Å². The van der Waals surface area contributed by atoms with Gasteiger partial charge in [0.15, 0.2) is 6.61 Å². The van der Waals surface area contributed by atoms with E-state index in [4.69, 9.17) is 9.26 Å². The summed E-state index contributed by atoms with van der Waals surface area (Å²) >= 11 is 0. The average Bonchev–Trinajstić information content (AvgIpc) is 3.30. The highest BCUT2D eigenvalue weighted by atomic mass is 16.5. The van der Waals surface area contributed by atoms with Crippen LogP contribution in [-0.2, 0) is 4.79 Å². The maximum absolute atomic E-state index is 12.2. The number of hydrogen-bond acceptors (Lipinski definition) is 5. The quantitative estimate of drug-likeness (QED) is 0.489. The molecule has 1 amide bonds. The Bertz CT molecular complexity index is 1110. The molecule has 1 heterocycles. The predicted octanol–water partition coefficient (Wildman–Crippen LogP) is 4.66. The first-order chi connectivity index (χ1) is 14.7. The summed E-state index contributed by atoms with van der Waals surface area (Å²) in [5.74, 6) is 1.27. The van der Waals surface area contributed by atoms with Crippen LogP contribution in [-0.4, -0.2) is 22.7 Å². The van der Waals surface area contributed by atoms with Gasteiger partial charge in [-0.25, -0.2) is 0 Å². The van der Waals surface area contributed by atoms with E-state index in [0.29, 0.717) is 17.5 Å². The molecule has 0 aliphatic carbocycles. The number of nitrogens with one attached hydrogen (secondary N) is 1. The maximum Gasteiger partial charge on any atom is 0.258 e. The molecule has 1 atom stereocenters. The van der Waals surface area contributed by atoms with Crippen molar-refractivity contribution in [2.24, 2.45) is 0 Å². The van der Waals surface area contributed by atoms with Gasteiger partial charge in [0.2, 0.25) is 5.82 Å². The average molecular weight is 399 g/mol. The van der Waals surface area contributed by atoms with Crippen molar-refractivity contribution in [3.8, 4) is 28.6 Å². The van der Waals surface area contributed by atoms with Crippen molar-refractivity contribution in [2.45, 2.75) is 13.0 Å². The Balaban J connectivity index is 1.38. The maximum atomic E-state index is 12.2. The number of carbonyl (C=O) groups excluding carboxylic acids is 1. The van der Waals surface area contributed by atoms with Crippen molar-refractivity contribution >= 4 is 5.91 Å². The molecule has 3 aromatic carbocycles. The van der Waals surface area contributed by atoms with Crippen molar-refractivity contribution < 1.29 is 14.1 Å². The van der Waals surface area contributed by atoms with Crippen LogP contribution >= 0.6 is 0 Å². The normalized spacial score (nSPS) is 11.6. The lowest BCUT2D eigenvalue weighted by Crippen LogP contribution is -2.31. The molecule has 6 heteroatoms. The lowest BCUT2D eigenvalue weighted by molar-refractivity contribution is -0.123. The Labute approximate surface area is 174 Å². The number of hydrogen-bond donors (Lipinski definition) is 1. The fraction of sp³-hybridized carbons (Fsp3) is 0.125. The van der Waals surface area contributed by atoms with E-state index in [1.54, 1.807) is 12.1 Å². The summed E-state index contributed by atoms with van der Waals surface area (Å²) in [6.07, 6.45) is 0. The summed E-state index contributed by atoms with van der Waals surface area (Å²) in [5.41, 5.74) is 2.64. The van der Waals surface area contributed by atoms with Crippen molar-refractivity contribution in [2.75, 3.05) is 6.61 Å². The van der Waals surface area contributed by atoms with Gasteiger partial charge in [-0.1, -0.05) is 71.9 Å². The highest BCUT2D eigenvalue weighted by Crippen LogP contribution is 2.25. The molecule has 0 aliphatic rings.